The highest BCUT2D eigenvalue weighted by molar-refractivity contribution is 7.91. The molecule has 0 spiro atoms. The molecule has 2 rings (SSSR count). The summed E-state index contributed by atoms with van der Waals surface area (Å²) in [5.41, 5.74) is 0.617. The largest absolute Gasteiger partial charge is 0.331 e. The van der Waals surface area contributed by atoms with Crippen molar-refractivity contribution in [3.8, 4) is 0 Å². The number of hydrogen-bond donors (Lipinski definition) is 0. The van der Waals surface area contributed by atoms with E-state index in [0.29, 0.717) is 18.5 Å². The number of nitrogens with zero attached hydrogens (tertiary/aromatic N) is 1. The van der Waals surface area contributed by atoms with Gasteiger partial charge in [0.15, 0.2) is 9.84 Å². The summed E-state index contributed by atoms with van der Waals surface area (Å²) in [5, 5.41) is 3.62. The van der Waals surface area contributed by atoms with E-state index in [0.717, 1.165) is 0 Å². The van der Waals surface area contributed by atoms with Crippen LogP contribution in [-0.2, 0) is 9.84 Å². The minimum Gasteiger partial charge on any atom is -0.331 e. The fraction of sp³-hybridized carbons (Fsp3) is 0.417. The van der Waals surface area contributed by atoms with Gasteiger partial charge in [0.2, 0.25) is 0 Å². The number of hydrogen-bond acceptors (Lipinski definition) is 4. The monoisotopic (exact) mass is 285 g/mol. The Bertz CT molecular complexity index is 534. The molecule has 18 heavy (non-hydrogen) atoms. The summed E-state index contributed by atoms with van der Waals surface area (Å²) < 4.78 is 23.0. The molecule has 1 aromatic rings. The molecule has 0 aliphatic carbocycles. The molecule has 0 saturated carbocycles. The molecule has 0 aromatic carbocycles. The minimum absolute atomic E-state index is 0.0662. The van der Waals surface area contributed by atoms with Gasteiger partial charge in [0, 0.05) is 18.0 Å². The van der Waals surface area contributed by atoms with Crippen LogP contribution in [0.15, 0.2) is 29.5 Å². The highest BCUT2D eigenvalue weighted by Gasteiger charge is 2.34. The summed E-state index contributed by atoms with van der Waals surface area (Å²) in [6.07, 6.45) is 2.15. The Hall–Kier alpha value is -1.14. The molecule has 1 unspecified atom stereocenters. The predicted octanol–water partition coefficient (Wildman–Crippen LogP) is 1.56. The molecular formula is C12H15NO3S2. The van der Waals surface area contributed by atoms with E-state index in [4.69, 9.17) is 0 Å². The van der Waals surface area contributed by atoms with Gasteiger partial charge in [-0.3, -0.25) is 4.79 Å². The molecule has 0 radical (unpaired) electrons. The fourth-order valence-electron chi connectivity index (χ4n) is 2.11. The van der Waals surface area contributed by atoms with Crippen molar-refractivity contribution in [2.75, 3.05) is 18.1 Å². The van der Waals surface area contributed by atoms with Gasteiger partial charge in [-0.25, -0.2) is 8.42 Å². The molecule has 98 valence electrons. The highest BCUT2D eigenvalue weighted by atomic mass is 32.2. The molecular weight excluding hydrogens is 270 g/mol. The van der Waals surface area contributed by atoms with Gasteiger partial charge in [-0.05, 0) is 17.9 Å². The van der Waals surface area contributed by atoms with E-state index >= 15 is 0 Å². The van der Waals surface area contributed by atoms with Crippen LogP contribution >= 0.6 is 11.3 Å². The number of amides is 1. The first kappa shape index (κ1) is 13.3. The molecule has 0 N–H and O–H groups in total. The molecule has 1 aliphatic rings. The van der Waals surface area contributed by atoms with Gasteiger partial charge >= 0.3 is 0 Å². The van der Waals surface area contributed by atoms with Gasteiger partial charge in [0.25, 0.3) is 5.91 Å². The fourth-order valence-corrected chi connectivity index (χ4v) is 4.47. The van der Waals surface area contributed by atoms with Gasteiger partial charge in [0.05, 0.1) is 17.1 Å². The molecule has 1 amide bonds. The Balaban J connectivity index is 2.19. The Morgan fingerprint density at radius 1 is 1.61 bits per heavy atom. The Labute approximate surface area is 111 Å². The molecule has 1 aromatic heterocycles. The Morgan fingerprint density at radius 3 is 2.89 bits per heavy atom. The van der Waals surface area contributed by atoms with Gasteiger partial charge in [-0.1, -0.05) is 6.08 Å². The molecule has 2 heterocycles. The van der Waals surface area contributed by atoms with Gasteiger partial charge in [-0.2, -0.15) is 11.3 Å². The number of carbonyl (C=O) groups excluding carboxylic acids is 1. The standard InChI is InChI=1S/C12H15NO3S2/c1-2-5-13(11-4-7-18(15,16)9-11)12(14)10-3-6-17-8-10/h2-3,6,8,11H,1,4-5,7,9H2. The van der Waals surface area contributed by atoms with Crippen LogP contribution < -0.4 is 0 Å². The lowest BCUT2D eigenvalue weighted by Crippen LogP contribution is -2.41. The lowest BCUT2D eigenvalue weighted by atomic mass is 10.2. The Morgan fingerprint density at radius 2 is 2.39 bits per heavy atom. The van der Waals surface area contributed by atoms with Crippen molar-refractivity contribution in [3.05, 3.63) is 35.0 Å². The normalized spacial score (nSPS) is 21.7. The van der Waals surface area contributed by atoms with Crippen LogP contribution in [0.25, 0.3) is 0 Å². The van der Waals surface area contributed by atoms with Gasteiger partial charge in [0.1, 0.15) is 0 Å². The van der Waals surface area contributed by atoms with E-state index in [1.165, 1.54) is 11.3 Å². The van der Waals surface area contributed by atoms with Crippen molar-refractivity contribution in [1.82, 2.24) is 4.90 Å². The van der Waals surface area contributed by atoms with E-state index in [-0.39, 0.29) is 23.5 Å². The van der Waals surface area contributed by atoms with E-state index in [2.05, 4.69) is 6.58 Å². The first-order valence-corrected chi connectivity index (χ1v) is 8.44. The molecule has 1 fully saturated rings. The average molecular weight is 285 g/mol. The minimum atomic E-state index is -2.99. The van der Waals surface area contributed by atoms with Gasteiger partial charge in [-0.15, -0.1) is 6.58 Å². The van der Waals surface area contributed by atoms with E-state index in [1.807, 2.05) is 5.38 Å². The maximum atomic E-state index is 12.3. The molecule has 1 aliphatic heterocycles. The zero-order valence-corrected chi connectivity index (χ0v) is 11.5. The molecule has 0 bridgehead atoms. The maximum absolute atomic E-state index is 12.3. The highest BCUT2D eigenvalue weighted by Crippen LogP contribution is 2.20. The smallest absolute Gasteiger partial charge is 0.255 e. The van der Waals surface area contributed by atoms with Crippen molar-refractivity contribution in [2.24, 2.45) is 0 Å². The number of sulfone groups is 1. The summed E-state index contributed by atoms with van der Waals surface area (Å²) >= 11 is 1.45. The first-order chi connectivity index (χ1) is 8.53. The third-order valence-electron chi connectivity index (χ3n) is 3.00. The SMILES string of the molecule is C=CCN(C(=O)c1ccsc1)C1CCS(=O)(=O)C1. The molecule has 1 saturated heterocycles. The lowest BCUT2D eigenvalue weighted by Gasteiger charge is -2.26. The van der Waals surface area contributed by atoms with Crippen LogP contribution in [0.3, 0.4) is 0 Å². The van der Waals surface area contributed by atoms with Crippen molar-refractivity contribution < 1.29 is 13.2 Å². The van der Waals surface area contributed by atoms with E-state index < -0.39 is 9.84 Å². The van der Waals surface area contributed by atoms with E-state index in [1.54, 1.807) is 22.4 Å². The van der Waals surface area contributed by atoms with Crippen molar-refractivity contribution in [3.63, 3.8) is 0 Å². The Kier molecular flexibility index (Phi) is 3.87. The summed E-state index contributed by atoms with van der Waals surface area (Å²) in [6, 6.07) is 1.53. The summed E-state index contributed by atoms with van der Waals surface area (Å²) in [7, 11) is -2.99. The quantitative estimate of drug-likeness (QED) is 0.789. The second-order valence-electron chi connectivity index (χ2n) is 4.32. The van der Waals surface area contributed by atoms with Crippen LogP contribution in [0, 0.1) is 0 Å². The summed E-state index contributed by atoms with van der Waals surface area (Å²) in [4.78, 5) is 13.9. The second kappa shape index (κ2) is 5.24. The topological polar surface area (TPSA) is 54.5 Å². The predicted molar refractivity (Wildman–Crippen MR) is 72.6 cm³/mol. The van der Waals surface area contributed by atoms with E-state index in [9.17, 15) is 13.2 Å². The third-order valence-corrected chi connectivity index (χ3v) is 5.44. The van der Waals surface area contributed by atoms with Crippen molar-refractivity contribution >= 4 is 27.1 Å². The van der Waals surface area contributed by atoms with Crippen LogP contribution in [-0.4, -0.2) is 43.3 Å². The van der Waals surface area contributed by atoms with Crippen molar-refractivity contribution in [2.45, 2.75) is 12.5 Å². The van der Waals surface area contributed by atoms with Crippen LogP contribution in [0.4, 0.5) is 0 Å². The van der Waals surface area contributed by atoms with Crippen LogP contribution in [0.5, 0.6) is 0 Å². The zero-order chi connectivity index (χ0) is 13.2. The summed E-state index contributed by atoms with van der Waals surface area (Å²) in [5.74, 6) is 0.122. The second-order valence-corrected chi connectivity index (χ2v) is 7.32. The van der Waals surface area contributed by atoms with Crippen molar-refractivity contribution in [1.29, 1.82) is 0 Å². The summed E-state index contributed by atoms with van der Waals surface area (Å²) in [6.45, 7) is 4.02. The number of thiophene rings is 1. The molecule has 1 atom stereocenters. The van der Waals surface area contributed by atoms with Crippen LogP contribution in [0.1, 0.15) is 16.8 Å². The third kappa shape index (κ3) is 2.81. The lowest BCUT2D eigenvalue weighted by molar-refractivity contribution is 0.0721. The van der Waals surface area contributed by atoms with Crippen LogP contribution in [0.2, 0.25) is 0 Å². The average Bonchev–Trinajstić information content (AvgIpc) is 2.94. The first-order valence-electron chi connectivity index (χ1n) is 5.68. The molecule has 6 heteroatoms. The molecule has 4 nitrogen and oxygen atoms in total. The number of rotatable bonds is 4. The maximum Gasteiger partial charge on any atom is 0.255 e. The van der Waals surface area contributed by atoms with Gasteiger partial charge < -0.3 is 4.90 Å². The number of carbonyl (C=O) groups is 1. The zero-order valence-electron chi connectivity index (χ0n) is 9.91.